The third-order valence-corrected chi connectivity index (χ3v) is 15.8. The van der Waals surface area contributed by atoms with Gasteiger partial charge in [-0.05, 0) is 97.1 Å². The first kappa shape index (κ1) is 32.0. The van der Waals surface area contributed by atoms with Crippen molar-refractivity contribution in [1.29, 1.82) is 0 Å². The van der Waals surface area contributed by atoms with Gasteiger partial charge in [-0.3, -0.25) is 0 Å². The van der Waals surface area contributed by atoms with Crippen LogP contribution in [0.2, 0.25) is 0 Å². The molecule has 0 bridgehead atoms. The van der Waals surface area contributed by atoms with E-state index >= 15 is 0 Å². The van der Waals surface area contributed by atoms with Gasteiger partial charge in [-0.2, -0.15) is 4.57 Å². The van der Waals surface area contributed by atoms with Crippen LogP contribution in [0.15, 0.2) is 66.7 Å². The number of amidine groups is 1. The SMILES string of the molecule is CC(C)C1=[N+](C2CCCCC2)C2(C3c4ccc5c(c4-c4cc(C(C)C)c6ccccc6[n+]4C32)-c2sc3ccccc3c2C5(C)C)N1C1CCCCC1. The summed E-state index contributed by atoms with van der Waals surface area (Å²) in [5, 5.41) is 2.90. The second-order valence-corrected chi connectivity index (χ2v) is 19.5. The summed E-state index contributed by atoms with van der Waals surface area (Å²) in [6, 6.07) is 28.3. The molecule has 2 aromatic heterocycles. The molecule has 4 heteroatoms. The average Bonchev–Trinajstić information content (AvgIpc) is 3.63. The van der Waals surface area contributed by atoms with Gasteiger partial charge in [0, 0.05) is 38.1 Å². The predicted molar refractivity (Wildman–Crippen MR) is 217 cm³/mol. The van der Waals surface area contributed by atoms with E-state index in [-0.39, 0.29) is 11.1 Å². The fourth-order valence-corrected chi connectivity index (χ4v) is 14.1. The van der Waals surface area contributed by atoms with Crippen LogP contribution in [0.3, 0.4) is 0 Å². The molecule has 3 fully saturated rings. The summed E-state index contributed by atoms with van der Waals surface area (Å²) in [4.78, 5) is 4.63. The van der Waals surface area contributed by atoms with Crippen LogP contribution in [0.25, 0.3) is 42.7 Å². The Labute approximate surface area is 314 Å². The lowest BCUT2D eigenvalue weighted by atomic mass is 9.79. The van der Waals surface area contributed by atoms with Crippen molar-refractivity contribution in [3.8, 4) is 21.7 Å². The van der Waals surface area contributed by atoms with E-state index in [0.717, 1.165) is 0 Å². The number of nitrogens with zero attached hydrogens (tertiary/aromatic N) is 3. The first-order valence-electron chi connectivity index (χ1n) is 20.9. The summed E-state index contributed by atoms with van der Waals surface area (Å²) < 4.78 is 7.46. The summed E-state index contributed by atoms with van der Waals surface area (Å²) >= 11 is 2.04. The minimum atomic E-state index is -0.0444. The maximum absolute atomic E-state index is 3.11. The Hall–Kier alpha value is -3.50. The number of benzene rings is 3. The molecule has 6 aliphatic rings. The van der Waals surface area contributed by atoms with Crippen molar-refractivity contribution >= 4 is 38.2 Å². The molecule has 2 aliphatic heterocycles. The maximum atomic E-state index is 3.11. The van der Waals surface area contributed by atoms with E-state index in [1.807, 2.05) is 11.3 Å². The lowest BCUT2D eigenvalue weighted by molar-refractivity contribution is -0.746. The van der Waals surface area contributed by atoms with Crippen LogP contribution in [0, 0.1) is 5.92 Å². The van der Waals surface area contributed by atoms with E-state index in [0.29, 0.717) is 35.9 Å². The zero-order valence-electron chi connectivity index (χ0n) is 32.1. The second kappa shape index (κ2) is 11.0. The molecule has 5 aromatic rings. The lowest BCUT2D eigenvalue weighted by Gasteiger charge is -2.48. The molecule has 4 aliphatic carbocycles. The van der Waals surface area contributed by atoms with E-state index in [1.165, 1.54) is 107 Å². The highest BCUT2D eigenvalue weighted by Crippen LogP contribution is 2.73. The third kappa shape index (κ3) is 3.88. The molecule has 3 aromatic carbocycles. The Balaban J connectivity index is 1.26. The van der Waals surface area contributed by atoms with Gasteiger partial charge in [0.25, 0.3) is 11.9 Å². The van der Waals surface area contributed by atoms with E-state index in [2.05, 4.69) is 122 Å². The molecule has 3 saturated carbocycles. The number of hydrogen-bond donors (Lipinski definition) is 0. The van der Waals surface area contributed by atoms with Crippen LogP contribution in [0.1, 0.15) is 146 Å². The molecule has 3 atom stereocenters. The molecule has 0 N–H and O–H groups in total. The Morgan fingerprint density at radius 1 is 0.750 bits per heavy atom. The van der Waals surface area contributed by atoms with Gasteiger partial charge in [0.15, 0.2) is 0 Å². The first-order chi connectivity index (χ1) is 25.3. The second-order valence-electron chi connectivity index (χ2n) is 18.4. The number of aromatic nitrogens is 1. The number of thiophene rings is 1. The maximum Gasteiger partial charge on any atom is 0.321 e. The Bertz CT molecular complexity index is 2340. The van der Waals surface area contributed by atoms with E-state index in [4.69, 9.17) is 0 Å². The summed E-state index contributed by atoms with van der Waals surface area (Å²) in [5.74, 6) is 3.10. The summed E-state index contributed by atoms with van der Waals surface area (Å²) in [5.41, 5.74) is 12.1. The zero-order valence-corrected chi connectivity index (χ0v) is 33.0. The van der Waals surface area contributed by atoms with Crippen LogP contribution in [0.5, 0.6) is 0 Å². The van der Waals surface area contributed by atoms with Gasteiger partial charge in [-0.15, -0.1) is 11.3 Å². The molecule has 3 unspecified atom stereocenters. The first-order valence-corrected chi connectivity index (χ1v) is 21.7. The van der Waals surface area contributed by atoms with E-state index in [9.17, 15) is 0 Å². The van der Waals surface area contributed by atoms with Crippen molar-refractivity contribution in [2.45, 2.75) is 147 Å². The number of hydrogen-bond acceptors (Lipinski definition) is 2. The minimum absolute atomic E-state index is 0.00174. The van der Waals surface area contributed by atoms with Gasteiger partial charge < -0.3 is 0 Å². The topological polar surface area (TPSA) is 10.1 Å². The molecular weight excluding hydrogens is 651 g/mol. The van der Waals surface area contributed by atoms with E-state index < -0.39 is 0 Å². The Morgan fingerprint density at radius 2 is 1.44 bits per heavy atom. The molecule has 0 amide bonds. The smallest absolute Gasteiger partial charge is 0.213 e. The van der Waals surface area contributed by atoms with Crippen LogP contribution >= 0.6 is 11.3 Å². The van der Waals surface area contributed by atoms with Crippen molar-refractivity contribution in [3.63, 3.8) is 0 Å². The van der Waals surface area contributed by atoms with Crippen molar-refractivity contribution in [1.82, 2.24) is 4.90 Å². The molecule has 0 saturated heterocycles. The van der Waals surface area contributed by atoms with Crippen molar-refractivity contribution in [2.24, 2.45) is 5.92 Å². The zero-order chi connectivity index (χ0) is 35.3. The fourth-order valence-electron chi connectivity index (χ4n) is 12.6. The number of para-hydroxylation sites is 1. The molecule has 4 heterocycles. The van der Waals surface area contributed by atoms with Crippen LogP contribution in [-0.2, 0) is 5.41 Å². The van der Waals surface area contributed by atoms with Gasteiger partial charge >= 0.3 is 5.66 Å². The lowest BCUT2D eigenvalue weighted by Crippen LogP contribution is -2.73. The highest BCUT2D eigenvalue weighted by molar-refractivity contribution is 7.22. The summed E-state index contributed by atoms with van der Waals surface area (Å²) in [7, 11) is 0. The highest BCUT2D eigenvalue weighted by atomic mass is 32.1. The summed E-state index contributed by atoms with van der Waals surface area (Å²) in [6.45, 7) is 14.8. The Kier molecular flexibility index (Phi) is 6.78. The normalized spacial score (nSPS) is 26.2. The molecule has 3 nitrogen and oxygen atoms in total. The Morgan fingerprint density at radius 3 is 2.17 bits per heavy atom. The van der Waals surface area contributed by atoms with Gasteiger partial charge in [-0.25, -0.2) is 9.48 Å². The highest BCUT2D eigenvalue weighted by Gasteiger charge is 2.93. The average molecular weight is 706 g/mol. The number of rotatable bonds is 4. The molecular formula is C48H55N3S+2. The standard InChI is InChI=1S/C48H55N3S/c1-28(2)35-27-38-40-34(25-26-36-41(40)44-42(47(36,5)6)33-22-14-16-24-39(33)52-44)43-45(49(38)37-23-15-13-21-32(35)37)48(43)50(30-17-9-7-10-18-30)46(29(3)4)51(48)31-19-11-8-12-20-31/h13-16,21-31,43,45H,7-12,17-20H2,1-6H3/q+2. The quantitative estimate of drug-likeness (QED) is 0.169. The van der Waals surface area contributed by atoms with E-state index in [1.54, 1.807) is 28.1 Å². The van der Waals surface area contributed by atoms with Crippen LogP contribution in [0.4, 0.5) is 0 Å². The molecule has 52 heavy (non-hydrogen) atoms. The summed E-state index contributed by atoms with van der Waals surface area (Å²) in [6.07, 6.45) is 13.7. The van der Waals surface area contributed by atoms with Gasteiger partial charge in [0.1, 0.15) is 18.0 Å². The van der Waals surface area contributed by atoms with Gasteiger partial charge in [0.05, 0.1) is 11.5 Å². The van der Waals surface area contributed by atoms with Crippen LogP contribution in [-0.4, -0.2) is 33.1 Å². The minimum Gasteiger partial charge on any atom is -0.213 e. The molecule has 11 rings (SSSR count). The third-order valence-electron chi connectivity index (χ3n) is 14.6. The predicted octanol–water partition coefficient (Wildman–Crippen LogP) is 11.8. The molecule has 1 spiro atoms. The largest absolute Gasteiger partial charge is 0.321 e. The van der Waals surface area contributed by atoms with Crippen LogP contribution < -0.4 is 4.57 Å². The molecule has 0 radical (unpaired) electrons. The fraction of sp³-hybridized carbons (Fsp3) is 0.500. The number of pyridine rings is 1. The monoisotopic (exact) mass is 705 g/mol. The van der Waals surface area contributed by atoms with Gasteiger partial charge in [-0.1, -0.05) is 96.8 Å². The van der Waals surface area contributed by atoms with Gasteiger partial charge in [0.2, 0.25) is 11.2 Å². The number of fused-ring (bicyclic) bond motifs is 16. The van der Waals surface area contributed by atoms with Crippen molar-refractivity contribution in [3.05, 3.63) is 89.0 Å². The molecule has 266 valence electrons. The van der Waals surface area contributed by atoms with Crippen molar-refractivity contribution in [2.75, 3.05) is 0 Å². The van der Waals surface area contributed by atoms with Crippen molar-refractivity contribution < 1.29 is 9.14 Å².